The Bertz CT molecular complexity index is 593. The third-order valence-corrected chi connectivity index (χ3v) is 2.69. The minimum absolute atomic E-state index is 0.133. The number of nitrogens with two attached hydrogens (primary N) is 1. The molecule has 0 radical (unpaired) electrons. The standard InChI is InChI=1S/C14H11F4NO/c15-11-3-6-13(10(7-11)8-19)9-1-4-12(5-2-9)20-14(16,17)18/h1-7H,8,19H2. The SMILES string of the molecule is NCc1cc(F)ccc1-c1ccc(OC(F)(F)F)cc1. The van der Waals surface area contributed by atoms with E-state index in [0.717, 1.165) is 0 Å². The van der Waals surface area contributed by atoms with Gasteiger partial charge in [-0.2, -0.15) is 0 Å². The number of ether oxygens (including phenoxy) is 1. The number of alkyl halides is 3. The monoisotopic (exact) mass is 285 g/mol. The van der Waals surface area contributed by atoms with Crippen LogP contribution in [0.25, 0.3) is 11.1 Å². The summed E-state index contributed by atoms with van der Waals surface area (Å²) in [6.45, 7) is 0.133. The van der Waals surface area contributed by atoms with Gasteiger partial charge in [-0.15, -0.1) is 13.2 Å². The van der Waals surface area contributed by atoms with Crippen LogP contribution in [0.1, 0.15) is 5.56 Å². The lowest BCUT2D eigenvalue weighted by atomic mass is 9.99. The quantitative estimate of drug-likeness (QED) is 0.869. The maximum Gasteiger partial charge on any atom is 0.573 e. The summed E-state index contributed by atoms with van der Waals surface area (Å²) in [5.74, 6) is -0.719. The van der Waals surface area contributed by atoms with Crippen molar-refractivity contribution in [1.82, 2.24) is 0 Å². The van der Waals surface area contributed by atoms with Gasteiger partial charge in [-0.3, -0.25) is 0 Å². The van der Waals surface area contributed by atoms with E-state index in [0.29, 0.717) is 16.7 Å². The fourth-order valence-electron chi connectivity index (χ4n) is 1.85. The molecular weight excluding hydrogens is 274 g/mol. The van der Waals surface area contributed by atoms with Crippen LogP contribution in [-0.2, 0) is 6.54 Å². The Morgan fingerprint density at radius 1 is 1.00 bits per heavy atom. The van der Waals surface area contributed by atoms with E-state index in [9.17, 15) is 17.6 Å². The normalized spacial score (nSPS) is 11.4. The summed E-state index contributed by atoms with van der Waals surface area (Å²) in [7, 11) is 0. The summed E-state index contributed by atoms with van der Waals surface area (Å²) in [5, 5.41) is 0. The summed E-state index contributed by atoms with van der Waals surface area (Å²) < 4.78 is 53.0. The van der Waals surface area contributed by atoms with Crippen LogP contribution in [0.3, 0.4) is 0 Å². The van der Waals surface area contributed by atoms with Crippen LogP contribution in [-0.4, -0.2) is 6.36 Å². The molecule has 106 valence electrons. The van der Waals surface area contributed by atoms with Crippen molar-refractivity contribution < 1.29 is 22.3 Å². The third-order valence-electron chi connectivity index (χ3n) is 2.69. The van der Waals surface area contributed by atoms with E-state index in [2.05, 4.69) is 4.74 Å². The van der Waals surface area contributed by atoms with Crippen LogP contribution in [0, 0.1) is 5.82 Å². The first-order chi connectivity index (χ1) is 9.39. The number of rotatable bonds is 3. The van der Waals surface area contributed by atoms with Crippen molar-refractivity contribution in [1.29, 1.82) is 0 Å². The fourth-order valence-corrected chi connectivity index (χ4v) is 1.85. The lowest BCUT2D eigenvalue weighted by Gasteiger charge is -2.11. The van der Waals surface area contributed by atoms with Crippen LogP contribution in [0.15, 0.2) is 42.5 Å². The van der Waals surface area contributed by atoms with E-state index in [1.165, 1.54) is 42.5 Å². The molecule has 0 saturated heterocycles. The zero-order valence-electron chi connectivity index (χ0n) is 10.2. The molecule has 2 nitrogen and oxygen atoms in total. The van der Waals surface area contributed by atoms with E-state index in [1.807, 2.05) is 0 Å². The number of hydrogen-bond donors (Lipinski definition) is 1. The average molecular weight is 285 g/mol. The molecule has 6 heteroatoms. The molecule has 0 amide bonds. The molecule has 0 atom stereocenters. The molecule has 20 heavy (non-hydrogen) atoms. The van der Waals surface area contributed by atoms with Crippen molar-refractivity contribution in [3.63, 3.8) is 0 Å². The molecule has 0 unspecified atom stereocenters. The molecular formula is C14H11F4NO. The average Bonchev–Trinajstić information content (AvgIpc) is 2.38. The van der Waals surface area contributed by atoms with Crippen LogP contribution < -0.4 is 10.5 Å². The van der Waals surface area contributed by atoms with E-state index in [4.69, 9.17) is 5.73 Å². The molecule has 2 N–H and O–H groups in total. The van der Waals surface area contributed by atoms with Gasteiger partial charge in [-0.25, -0.2) is 4.39 Å². The van der Waals surface area contributed by atoms with Crippen LogP contribution in [0.4, 0.5) is 17.6 Å². The summed E-state index contributed by atoms with van der Waals surface area (Å²) in [5.41, 5.74) is 7.42. The largest absolute Gasteiger partial charge is 0.573 e. The van der Waals surface area contributed by atoms with Crippen molar-refractivity contribution in [2.45, 2.75) is 12.9 Å². The Labute approximate surface area is 112 Å². The molecule has 0 spiro atoms. The van der Waals surface area contributed by atoms with Crippen molar-refractivity contribution in [3.05, 3.63) is 53.8 Å². The molecule has 0 heterocycles. The first kappa shape index (κ1) is 14.3. The van der Waals surface area contributed by atoms with Gasteiger partial charge in [0.1, 0.15) is 11.6 Å². The van der Waals surface area contributed by atoms with E-state index in [-0.39, 0.29) is 12.3 Å². The molecule has 0 aliphatic heterocycles. The molecule has 0 bridgehead atoms. The van der Waals surface area contributed by atoms with Gasteiger partial charge in [0.05, 0.1) is 0 Å². The first-order valence-corrected chi connectivity index (χ1v) is 5.74. The Morgan fingerprint density at radius 3 is 2.20 bits per heavy atom. The molecule has 0 aliphatic rings. The first-order valence-electron chi connectivity index (χ1n) is 5.74. The smallest absolute Gasteiger partial charge is 0.406 e. The third kappa shape index (κ3) is 3.48. The highest BCUT2D eigenvalue weighted by Gasteiger charge is 2.30. The van der Waals surface area contributed by atoms with Gasteiger partial charge < -0.3 is 10.5 Å². The van der Waals surface area contributed by atoms with E-state index >= 15 is 0 Å². The summed E-state index contributed by atoms with van der Waals surface area (Å²) in [6, 6.07) is 9.45. The van der Waals surface area contributed by atoms with Gasteiger partial charge in [0, 0.05) is 6.54 Å². The molecule has 0 aromatic heterocycles. The Kier molecular flexibility index (Phi) is 3.94. The molecule has 2 rings (SSSR count). The van der Waals surface area contributed by atoms with Crippen molar-refractivity contribution in [3.8, 4) is 16.9 Å². The van der Waals surface area contributed by atoms with Gasteiger partial charge >= 0.3 is 6.36 Å². The lowest BCUT2D eigenvalue weighted by molar-refractivity contribution is -0.274. The number of benzene rings is 2. The van der Waals surface area contributed by atoms with Gasteiger partial charge in [0.2, 0.25) is 0 Å². The second-order valence-electron chi connectivity index (χ2n) is 4.08. The summed E-state index contributed by atoms with van der Waals surface area (Å²) >= 11 is 0. The minimum atomic E-state index is -4.72. The van der Waals surface area contributed by atoms with E-state index < -0.39 is 12.2 Å². The molecule has 0 saturated carbocycles. The van der Waals surface area contributed by atoms with Crippen LogP contribution in [0.5, 0.6) is 5.75 Å². The molecule has 0 fully saturated rings. The van der Waals surface area contributed by atoms with Crippen LogP contribution in [0.2, 0.25) is 0 Å². The van der Waals surface area contributed by atoms with Crippen LogP contribution >= 0.6 is 0 Å². The second-order valence-corrected chi connectivity index (χ2v) is 4.08. The maximum atomic E-state index is 13.1. The zero-order valence-corrected chi connectivity index (χ0v) is 10.2. The molecule has 2 aromatic carbocycles. The minimum Gasteiger partial charge on any atom is -0.406 e. The molecule has 2 aromatic rings. The van der Waals surface area contributed by atoms with E-state index in [1.54, 1.807) is 0 Å². The number of halogens is 4. The van der Waals surface area contributed by atoms with Gasteiger partial charge in [-0.05, 0) is 41.0 Å². The zero-order chi connectivity index (χ0) is 14.8. The van der Waals surface area contributed by atoms with Crippen molar-refractivity contribution in [2.75, 3.05) is 0 Å². The Hall–Kier alpha value is -2.08. The lowest BCUT2D eigenvalue weighted by Crippen LogP contribution is -2.16. The topological polar surface area (TPSA) is 35.2 Å². The van der Waals surface area contributed by atoms with Gasteiger partial charge in [0.15, 0.2) is 0 Å². The summed E-state index contributed by atoms with van der Waals surface area (Å²) in [4.78, 5) is 0. The van der Waals surface area contributed by atoms with Gasteiger partial charge in [-0.1, -0.05) is 18.2 Å². The van der Waals surface area contributed by atoms with Crippen molar-refractivity contribution in [2.24, 2.45) is 5.73 Å². The number of hydrogen-bond acceptors (Lipinski definition) is 2. The fraction of sp³-hybridized carbons (Fsp3) is 0.143. The predicted octanol–water partition coefficient (Wildman–Crippen LogP) is 3.85. The van der Waals surface area contributed by atoms with Crippen molar-refractivity contribution >= 4 is 0 Å². The second kappa shape index (κ2) is 5.50. The Balaban J connectivity index is 2.30. The van der Waals surface area contributed by atoms with Gasteiger partial charge in [0.25, 0.3) is 0 Å². The highest BCUT2D eigenvalue weighted by molar-refractivity contribution is 5.68. The molecule has 0 aliphatic carbocycles. The maximum absolute atomic E-state index is 13.1. The highest BCUT2D eigenvalue weighted by Crippen LogP contribution is 2.28. The summed E-state index contributed by atoms with van der Waals surface area (Å²) in [6.07, 6.45) is -4.72. The predicted molar refractivity (Wildman–Crippen MR) is 66.4 cm³/mol. The Morgan fingerprint density at radius 2 is 1.65 bits per heavy atom. The highest BCUT2D eigenvalue weighted by atomic mass is 19.4.